The molecule has 0 aromatic heterocycles. The molecule has 25 heavy (non-hydrogen) atoms. The summed E-state index contributed by atoms with van der Waals surface area (Å²) in [5.41, 5.74) is 3.98. The van der Waals surface area contributed by atoms with E-state index < -0.39 is 0 Å². The van der Waals surface area contributed by atoms with Crippen LogP contribution in [-0.4, -0.2) is 10.8 Å². The van der Waals surface area contributed by atoms with E-state index in [1.807, 2.05) is 42.5 Å². The zero-order valence-electron chi connectivity index (χ0n) is 13.4. The summed E-state index contributed by atoms with van der Waals surface area (Å²) in [4.78, 5) is 5.99. The van der Waals surface area contributed by atoms with Crippen molar-refractivity contribution in [2.75, 3.05) is 0 Å². The van der Waals surface area contributed by atoms with Gasteiger partial charge in [0.15, 0.2) is 0 Å². The minimum Gasteiger partial charge on any atom is -0.508 e. The largest absolute Gasteiger partial charge is 0.508 e. The molecule has 0 saturated carbocycles. The van der Waals surface area contributed by atoms with Crippen LogP contribution in [0, 0.1) is 5.82 Å². The van der Waals surface area contributed by atoms with Gasteiger partial charge in [-0.25, -0.2) is 4.39 Å². The van der Waals surface area contributed by atoms with Gasteiger partial charge in [-0.2, -0.15) is 0 Å². The number of nitrogens with zero attached hydrogens (tertiary/aromatic N) is 1. The molecule has 0 amide bonds. The average molecular weight is 349 g/mol. The maximum absolute atomic E-state index is 13.3. The average Bonchev–Trinajstić information content (AvgIpc) is 2.82. The van der Waals surface area contributed by atoms with Crippen LogP contribution in [0.3, 0.4) is 0 Å². The van der Waals surface area contributed by atoms with Gasteiger partial charge in [0.1, 0.15) is 11.6 Å². The molecule has 0 radical (unpaired) electrons. The van der Waals surface area contributed by atoms with Crippen molar-refractivity contribution in [3.8, 4) is 5.75 Å². The number of fused-ring (bicyclic) bond motifs is 1. The summed E-state index contributed by atoms with van der Waals surface area (Å²) in [5, 5.41) is 9.69. The Morgan fingerprint density at radius 2 is 1.64 bits per heavy atom. The Bertz CT molecular complexity index is 919. The summed E-state index contributed by atoms with van der Waals surface area (Å²) in [7, 11) is 0. The topological polar surface area (TPSA) is 32.6 Å². The van der Waals surface area contributed by atoms with Gasteiger partial charge in [0, 0.05) is 22.3 Å². The summed E-state index contributed by atoms with van der Waals surface area (Å²) in [6.45, 7) is 0. The van der Waals surface area contributed by atoms with E-state index in [1.54, 1.807) is 23.9 Å². The molecule has 1 atom stereocenters. The molecule has 124 valence electrons. The summed E-state index contributed by atoms with van der Waals surface area (Å²) in [6.07, 6.45) is 0.732. The minimum atomic E-state index is -0.227. The monoisotopic (exact) mass is 349 g/mol. The number of phenolic OH excluding ortho intramolecular Hbond substituents is 1. The van der Waals surface area contributed by atoms with Crippen LogP contribution in [0.2, 0.25) is 0 Å². The molecular formula is C21H16FNOS. The fraction of sp³-hybridized carbons (Fsp3) is 0.0952. The SMILES string of the molecule is Oc1ccc(C2=Nc3ccccc3SC(c3ccc(F)cc3)C2)cc1. The second kappa shape index (κ2) is 6.73. The zero-order valence-corrected chi connectivity index (χ0v) is 14.2. The Morgan fingerprint density at radius 3 is 2.40 bits per heavy atom. The van der Waals surface area contributed by atoms with Gasteiger partial charge in [-0.05, 0) is 59.7 Å². The maximum atomic E-state index is 13.3. The zero-order chi connectivity index (χ0) is 17.2. The van der Waals surface area contributed by atoms with Gasteiger partial charge in [0.2, 0.25) is 0 Å². The van der Waals surface area contributed by atoms with E-state index in [1.165, 1.54) is 12.1 Å². The molecule has 1 aliphatic heterocycles. The molecule has 1 heterocycles. The summed E-state index contributed by atoms with van der Waals surface area (Å²) >= 11 is 1.75. The van der Waals surface area contributed by atoms with Crippen molar-refractivity contribution in [1.82, 2.24) is 0 Å². The Kier molecular flexibility index (Phi) is 4.28. The predicted octanol–water partition coefficient (Wildman–Crippen LogP) is 5.89. The lowest BCUT2D eigenvalue weighted by molar-refractivity contribution is 0.475. The van der Waals surface area contributed by atoms with Gasteiger partial charge < -0.3 is 5.11 Å². The van der Waals surface area contributed by atoms with Crippen LogP contribution in [0.4, 0.5) is 10.1 Å². The van der Waals surface area contributed by atoms with Crippen LogP contribution >= 0.6 is 11.8 Å². The van der Waals surface area contributed by atoms with E-state index in [9.17, 15) is 9.50 Å². The molecule has 3 aromatic rings. The van der Waals surface area contributed by atoms with E-state index in [0.717, 1.165) is 33.8 Å². The third kappa shape index (κ3) is 3.44. The molecule has 0 saturated heterocycles. The van der Waals surface area contributed by atoms with Crippen molar-refractivity contribution in [2.45, 2.75) is 16.6 Å². The first-order valence-electron chi connectivity index (χ1n) is 8.07. The number of hydrogen-bond donors (Lipinski definition) is 1. The van der Waals surface area contributed by atoms with Gasteiger partial charge in [0.05, 0.1) is 5.69 Å². The molecule has 4 rings (SSSR count). The Morgan fingerprint density at radius 1 is 0.920 bits per heavy atom. The first-order valence-corrected chi connectivity index (χ1v) is 8.95. The number of benzene rings is 3. The quantitative estimate of drug-likeness (QED) is 0.626. The van der Waals surface area contributed by atoms with E-state index in [4.69, 9.17) is 4.99 Å². The molecule has 1 unspecified atom stereocenters. The Labute approximate surface area is 150 Å². The Balaban J connectivity index is 1.78. The highest BCUT2D eigenvalue weighted by Gasteiger charge is 2.22. The summed E-state index contributed by atoms with van der Waals surface area (Å²) in [6, 6.07) is 21.9. The molecule has 3 aromatic carbocycles. The van der Waals surface area contributed by atoms with Crippen molar-refractivity contribution >= 4 is 23.2 Å². The smallest absolute Gasteiger partial charge is 0.123 e. The van der Waals surface area contributed by atoms with Crippen LogP contribution in [0.5, 0.6) is 5.75 Å². The fourth-order valence-electron chi connectivity index (χ4n) is 2.91. The van der Waals surface area contributed by atoms with Crippen molar-refractivity contribution in [2.24, 2.45) is 4.99 Å². The number of aromatic hydroxyl groups is 1. The van der Waals surface area contributed by atoms with E-state index in [-0.39, 0.29) is 16.8 Å². The van der Waals surface area contributed by atoms with Crippen LogP contribution in [0.25, 0.3) is 0 Å². The molecule has 1 aliphatic rings. The van der Waals surface area contributed by atoms with Crippen molar-refractivity contribution in [3.63, 3.8) is 0 Å². The van der Waals surface area contributed by atoms with Gasteiger partial charge in [0.25, 0.3) is 0 Å². The number of aliphatic imine (C=N–C) groups is 1. The maximum Gasteiger partial charge on any atom is 0.123 e. The second-order valence-corrected chi connectivity index (χ2v) is 7.18. The lowest BCUT2D eigenvalue weighted by atomic mass is 10.0. The summed E-state index contributed by atoms with van der Waals surface area (Å²) in [5.74, 6) is 0.0121. The van der Waals surface area contributed by atoms with Crippen LogP contribution in [0.15, 0.2) is 82.7 Å². The minimum absolute atomic E-state index is 0.150. The van der Waals surface area contributed by atoms with Gasteiger partial charge >= 0.3 is 0 Å². The lowest BCUT2D eigenvalue weighted by Crippen LogP contribution is -2.05. The normalized spacial score (nSPS) is 16.7. The molecule has 2 nitrogen and oxygen atoms in total. The lowest BCUT2D eigenvalue weighted by Gasteiger charge is -2.16. The number of para-hydroxylation sites is 1. The van der Waals surface area contributed by atoms with E-state index in [0.29, 0.717) is 0 Å². The van der Waals surface area contributed by atoms with E-state index in [2.05, 4.69) is 6.07 Å². The summed E-state index contributed by atoms with van der Waals surface area (Å²) < 4.78 is 13.3. The van der Waals surface area contributed by atoms with Gasteiger partial charge in [-0.15, -0.1) is 11.8 Å². The van der Waals surface area contributed by atoms with E-state index >= 15 is 0 Å². The third-order valence-corrected chi connectivity index (χ3v) is 5.53. The third-order valence-electron chi connectivity index (χ3n) is 4.21. The molecule has 0 fully saturated rings. The van der Waals surface area contributed by atoms with Crippen molar-refractivity contribution < 1.29 is 9.50 Å². The van der Waals surface area contributed by atoms with Crippen molar-refractivity contribution in [1.29, 1.82) is 0 Å². The highest BCUT2D eigenvalue weighted by molar-refractivity contribution is 7.99. The highest BCUT2D eigenvalue weighted by Crippen LogP contribution is 2.45. The standard InChI is InChI=1S/C21H16FNOS/c22-16-9-5-15(6-10-16)21-13-19(14-7-11-17(24)12-8-14)23-18-3-1-2-4-20(18)25-21/h1-12,21,24H,13H2. The molecule has 4 heteroatoms. The number of hydrogen-bond acceptors (Lipinski definition) is 3. The second-order valence-electron chi connectivity index (χ2n) is 5.94. The van der Waals surface area contributed by atoms with Gasteiger partial charge in [-0.1, -0.05) is 24.3 Å². The number of halogens is 1. The molecule has 1 N–H and O–H groups in total. The molecule has 0 aliphatic carbocycles. The van der Waals surface area contributed by atoms with Crippen LogP contribution in [-0.2, 0) is 0 Å². The van der Waals surface area contributed by atoms with Crippen molar-refractivity contribution in [3.05, 3.63) is 89.7 Å². The molecular weight excluding hydrogens is 333 g/mol. The fourth-order valence-corrected chi connectivity index (χ4v) is 4.14. The predicted molar refractivity (Wildman–Crippen MR) is 100 cm³/mol. The molecule has 0 spiro atoms. The van der Waals surface area contributed by atoms with Gasteiger partial charge in [-0.3, -0.25) is 4.99 Å². The highest BCUT2D eigenvalue weighted by atomic mass is 32.2. The van der Waals surface area contributed by atoms with Crippen LogP contribution in [0.1, 0.15) is 22.8 Å². The van der Waals surface area contributed by atoms with Crippen LogP contribution < -0.4 is 0 Å². The molecule has 0 bridgehead atoms. The Hall–Kier alpha value is -2.59. The first-order chi connectivity index (χ1) is 12.2. The number of rotatable bonds is 2. The first kappa shape index (κ1) is 15.9. The number of thioether (sulfide) groups is 1. The number of phenols is 1.